The van der Waals surface area contributed by atoms with Crippen molar-refractivity contribution in [3.05, 3.63) is 24.0 Å². The molecule has 1 fully saturated rings. The van der Waals surface area contributed by atoms with Gasteiger partial charge in [0.1, 0.15) is 5.82 Å². The van der Waals surface area contributed by atoms with Crippen LogP contribution >= 0.6 is 0 Å². The minimum absolute atomic E-state index is 0.0350. The zero-order valence-corrected chi connectivity index (χ0v) is 14.8. The molecule has 2 heterocycles. The van der Waals surface area contributed by atoms with Gasteiger partial charge in [-0.25, -0.2) is 4.39 Å². The summed E-state index contributed by atoms with van der Waals surface area (Å²) in [6.07, 6.45) is 0.854. The molecule has 3 atom stereocenters. The van der Waals surface area contributed by atoms with Crippen LogP contribution in [-0.2, 0) is 9.59 Å². The first-order valence-electron chi connectivity index (χ1n) is 8.80. The van der Waals surface area contributed by atoms with Gasteiger partial charge in [-0.1, -0.05) is 26.3 Å². The number of anilines is 1. The average Bonchev–Trinajstić information content (AvgIpc) is 3.23. The third-order valence-corrected chi connectivity index (χ3v) is 5.13. The molecule has 0 bridgehead atoms. The van der Waals surface area contributed by atoms with Crippen LogP contribution in [0.15, 0.2) is 18.2 Å². The molecular weight excluding hydrogens is 339 g/mol. The summed E-state index contributed by atoms with van der Waals surface area (Å²) in [5.41, 5.74) is 0.498. The molecule has 1 aliphatic rings. The highest BCUT2D eigenvalue weighted by atomic mass is 19.1. The molecule has 8 heteroatoms. The van der Waals surface area contributed by atoms with Crippen LogP contribution in [0, 0.1) is 17.7 Å². The van der Waals surface area contributed by atoms with Gasteiger partial charge in [0.15, 0.2) is 5.82 Å². The van der Waals surface area contributed by atoms with E-state index < -0.39 is 11.7 Å². The van der Waals surface area contributed by atoms with Gasteiger partial charge in [0.05, 0.1) is 29.5 Å². The van der Waals surface area contributed by atoms with Crippen LogP contribution in [-0.4, -0.2) is 46.3 Å². The Morgan fingerprint density at radius 3 is 3.00 bits per heavy atom. The maximum atomic E-state index is 14.2. The molecule has 1 aliphatic heterocycles. The van der Waals surface area contributed by atoms with E-state index in [2.05, 4.69) is 15.5 Å². The Kier molecular flexibility index (Phi) is 5.22. The number of amides is 2. The fraction of sp³-hybridized carbons (Fsp3) is 0.500. The van der Waals surface area contributed by atoms with Gasteiger partial charge in [-0.15, -0.1) is 0 Å². The number of benzene rings is 1. The first kappa shape index (κ1) is 18.3. The number of fused-ring (bicyclic) bond motifs is 1. The zero-order chi connectivity index (χ0) is 18.8. The topological polar surface area (TPSA) is 98.3 Å². The lowest BCUT2D eigenvalue weighted by atomic mass is 9.98. The van der Waals surface area contributed by atoms with Crippen molar-refractivity contribution >= 4 is 28.5 Å². The Hall–Kier alpha value is -2.48. The van der Waals surface area contributed by atoms with Crippen molar-refractivity contribution in [2.75, 3.05) is 18.1 Å². The Morgan fingerprint density at radius 2 is 2.31 bits per heavy atom. The van der Waals surface area contributed by atoms with E-state index in [-0.39, 0.29) is 54.6 Å². The van der Waals surface area contributed by atoms with Crippen LogP contribution in [0.1, 0.15) is 26.7 Å². The van der Waals surface area contributed by atoms with Crippen molar-refractivity contribution in [2.45, 2.75) is 32.7 Å². The second-order valence-electron chi connectivity index (χ2n) is 6.80. The molecule has 0 spiro atoms. The van der Waals surface area contributed by atoms with Crippen molar-refractivity contribution in [3.63, 3.8) is 0 Å². The number of rotatable bonds is 6. The van der Waals surface area contributed by atoms with Crippen LogP contribution in [0.25, 0.3) is 10.9 Å². The van der Waals surface area contributed by atoms with Gasteiger partial charge in [0, 0.05) is 13.0 Å². The average molecular weight is 362 g/mol. The number of hydrogen-bond acceptors (Lipinski definition) is 4. The molecule has 2 amide bonds. The van der Waals surface area contributed by atoms with Gasteiger partial charge in [0.25, 0.3) is 0 Å². The number of H-pyrrole nitrogens is 1. The third-order valence-electron chi connectivity index (χ3n) is 5.13. The van der Waals surface area contributed by atoms with Crippen LogP contribution in [0.5, 0.6) is 0 Å². The van der Waals surface area contributed by atoms with Crippen molar-refractivity contribution in [3.8, 4) is 0 Å². The van der Waals surface area contributed by atoms with E-state index in [1.807, 2.05) is 13.8 Å². The fourth-order valence-corrected chi connectivity index (χ4v) is 3.25. The van der Waals surface area contributed by atoms with Gasteiger partial charge < -0.3 is 10.4 Å². The summed E-state index contributed by atoms with van der Waals surface area (Å²) >= 11 is 0. The summed E-state index contributed by atoms with van der Waals surface area (Å²) < 4.78 is 14.2. The summed E-state index contributed by atoms with van der Waals surface area (Å²) in [5, 5.41) is 19.3. The first-order chi connectivity index (χ1) is 12.5. The highest BCUT2D eigenvalue weighted by Gasteiger charge is 2.38. The number of aromatic nitrogens is 2. The highest BCUT2D eigenvalue weighted by molar-refractivity contribution is 6.05. The summed E-state index contributed by atoms with van der Waals surface area (Å²) in [6.45, 7) is 3.92. The van der Waals surface area contributed by atoms with Crippen molar-refractivity contribution in [2.24, 2.45) is 11.8 Å². The van der Waals surface area contributed by atoms with Crippen molar-refractivity contribution in [1.82, 2.24) is 15.5 Å². The Bertz CT molecular complexity index is 822. The standard InChI is InChI=1S/C18H23FN4O3/c1-3-10(2)14(9-24)20-18(26)11-7-15(25)23(8-11)17-16-12(19)5-4-6-13(16)21-22-17/h4-6,10-11,14,24H,3,7-9H2,1-2H3,(H,20,26)(H,21,22)/t10-,11?,14-/m1/s1. The van der Waals surface area contributed by atoms with Crippen molar-refractivity contribution < 1.29 is 19.1 Å². The number of carbonyl (C=O) groups excluding carboxylic acids is 2. The second-order valence-corrected chi connectivity index (χ2v) is 6.80. The lowest BCUT2D eigenvalue weighted by Crippen LogP contribution is -2.45. The van der Waals surface area contributed by atoms with Gasteiger partial charge >= 0.3 is 0 Å². The first-order valence-corrected chi connectivity index (χ1v) is 8.80. The molecule has 1 aromatic heterocycles. The molecule has 1 aromatic carbocycles. The van der Waals surface area contributed by atoms with Crippen LogP contribution in [0.4, 0.5) is 10.2 Å². The highest BCUT2D eigenvalue weighted by Crippen LogP contribution is 2.31. The summed E-state index contributed by atoms with van der Waals surface area (Å²) in [6, 6.07) is 4.20. The van der Waals surface area contributed by atoms with Crippen LogP contribution < -0.4 is 10.2 Å². The molecule has 1 saturated heterocycles. The number of halogens is 1. The number of hydrogen-bond donors (Lipinski definition) is 3. The summed E-state index contributed by atoms with van der Waals surface area (Å²) in [5.74, 6) is -1.24. The Morgan fingerprint density at radius 1 is 1.54 bits per heavy atom. The van der Waals surface area contributed by atoms with E-state index in [1.54, 1.807) is 12.1 Å². The molecule has 7 nitrogen and oxygen atoms in total. The van der Waals surface area contributed by atoms with E-state index in [4.69, 9.17) is 0 Å². The van der Waals surface area contributed by atoms with E-state index in [0.29, 0.717) is 5.52 Å². The van der Waals surface area contributed by atoms with Gasteiger partial charge in [0.2, 0.25) is 11.8 Å². The quantitative estimate of drug-likeness (QED) is 0.727. The zero-order valence-electron chi connectivity index (χ0n) is 14.8. The molecule has 140 valence electrons. The lowest BCUT2D eigenvalue weighted by Gasteiger charge is -2.23. The maximum absolute atomic E-state index is 14.2. The smallest absolute Gasteiger partial charge is 0.229 e. The number of carbonyl (C=O) groups is 2. The van der Waals surface area contributed by atoms with Crippen LogP contribution in [0.3, 0.4) is 0 Å². The Labute approximate surface area is 150 Å². The number of nitrogens with one attached hydrogen (secondary N) is 2. The van der Waals surface area contributed by atoms with Gasteiger partial charge in [-0.3, -0.25) is 19.6 Å². The predicted octanol–water partition coefficient (Wildman–Crippen LogP) is 1.58. The molecule has 2 aromatic rings. The number of aliphatic hydroxyl groups is 1. The monoisotopic (exact) mass is 362 g/mol. The number of nitrogens with zero attached hydrogens (tertiary/aromatic N) is 2. The normalized spacial score (nSPS) is 19.8. The fourth-order valence-electron chi connectivity index (χ4n) is 3.25. The molecule has 0 aliphatic carbocycles. The third kappa shape index (κ3) is 3.29. The molecule has 0 radical (unpaired) electrons. The number of aliphatic hydroxyl groups excluding tert-OH is 1. The van der Waals surface area contributed by atoms with E-state index >= 15 is 0 Å². The summed E-state index contributed by atoms with van der Waals surface area (Å²) in [7, 11) is 0. The summed E-state index contributed by atoms with van der Waals surface area (Å²) in [4.78, 5) is 26.3. The lowest BCUT2D eigenvalue weighted by molar-refractivity contribution is -0.127. The molecule has 1 unspecified atom stereocenters. The van der Waals surface area contributed by atoms with E-state index in [9.17, 15) is 19.1 Å². The van der Waals surface area contributed by atoms with E-state index in [1.165, 1.54) is 11.0 Å². The minimum Gasteiger partial charge on any atom is -0.394 e. The Balaban J connectivity index is 1.77. The van der Waals surface area contributed by atoms with Gasteiger partial charge in [-0.2, -0.15) is 5.10 Å². The molecule has 0 saturated carbocycles. The molecule has 26 heavy (non-hydrogen) atoms. The second kappa shape index (κ2) is 7.41. The SMILES string of the molecule is CC[C@@H](C)[C@@H](CO)NC(=O)C1CC(=O)N(c2n[nH]c3cccc(F)c23)C1. The minimum atomic E-state index is -0.556. The largest absolute Gasteiger partial charge is 0.394 e. The molecular formula is C18H23FN4O3. The van der Waals surface area contributed by atoms with Crippen LogP contribution in [0.2, 0.25) is 0 Å². The number of aromatic amines is 1. The molecule has 3 rings (SSSR count). The van der Waals surface area contributed by atoms with E-state index in [0.717, 1.165) is 6.42 Å². The van der Waals surface area contributed by atoms with Crippen molar-refractivity contribution in [1.29, 1.82) is 0 Å². The predicted molar refractivity (Wildman–Crippen MR) is 95.0 cm³/mol. The van der Waals surface area contributed by atoms with Gasteiger partial charge in [-0.05, 0) is 18.1 Å². The molecule has 3 N–H and O–H groups in total. The maximum Gasteiger partial charge on any atom is 0.229 e.